The molecule has 0 saturated carbocycles. The molecule has 0 fully saturated rings. The van der Waals surface area contributed by atoms with E-state index in [1.54, 1.807) is 12.1 Å². The summed E-state index contributed by atoms with van der Waals surface area (Å²) in [7, 11) is 0. The molecule has 1 aliphatic heterocycles. The summed E-state index contributed by atoms with van der Waals surface area (Å²) in [6.07, 6.45) is -1.81. The predicted molar refractivity (Wildman–Crippen MR) is 106 cm³/mol. The smallest absolute Gasteiger partial charge is 0.338 e. The summed E-state index contributed by atoms with van der Waals surface area (Å²) in [5.74, 6) is -3.50. The van der Waals surface area contributed by atoms with Crippen LogP contribution in [0.1, 0.15) is 27.6 Å². The average molecular weight is 426 g/mol. The first-order valence-corrected chi connectivity index (χ1v) is 9.20. The van der Waals surface area contributed by atoms with Gasteiger partial charge >= 0.3 is 5.97 Å². The van der Waals surface area contributed by atoms with Gasteiger partial charge in [-0.25, -0.2) is 4.79 Å². The predicted octanol–water partition coefficient (Wildman–Crippen LogP) is 2.82. The molecule has 0 aliphatic carbocycles. The molecule has 3 aromatic rings. The van der Waals surface area contributed by atoms with Gasteiger partial charge in [0.1, 0.15) is 17.6 Å². The van der Waals surface area contributed by atoms with Gasteiger partial charge in [-0.2, -0.15) is 0 Å². The SMILES string of the molecule is O=C(O[C@@H]1Cc2c(O)cccc2O[C@H]1c1ccc(O)c(O)c1)c1cc(O)c(O)c(O)c1. The van der Waals surface area contributed by atoms with E-state index < -0.39 is 35.4 Å². The molecule has 0 aromatic heterocycles. The van der Waals surface area contributed by atoms with Crippen LogP contribution in [0.15, 0.2) is 48.5 Å². The maximum Gasteiger partial charge on any atom is 0.338 e. The van der Waals surface area contributed by atoms with E-state index in [1.807, 2.05) is 0 Å². The Labute approximate surface area is 175 Å². The highest BCUT2D eigenvalue weighted by atomic mass is 16.6. The first kappa shape index (κ1) is 20.0. The van der Waals surface area contributed by atoms with Crippen molar-refractivity contribution in [3.8, 4) is 40.2 Å². The molecule has 31 heavy (non-hydrogen) atoms. The molecular weight excluding hydrogens is 408 g/mol. The lowest BCUT2D eigenvalue weighted by molar-refractivity contribution is -0.0188. The summed E-state index contributed by atoms with van der Waals surface area (Å²) in [6.45, 7) is 0. The number of phenols is 6. The monoisotopic (exact) mass is 426 g/mol. The van der Waals surface area contributed by atoms with Gasteiger partial charge in [0, 0.05) is 17.5 Å². The van der Waals surface area contributed by atoms with Gasteiger partial charge in [-0.15, -0.1) is 0 Å². The summed E-state index contributed by atoms with van der Waals surface area (Å²) in [5, 5.41) is 58.4. The van der Waals surface area contributed by atoms with Gasteiger partial charge in [-0.3, -0.25) is 0 Å². The summed E-state index contributed by atoms with van der Waals surface area (Å²) in [4.78, 5) is 12.7. The first-order valence-electron chi connectivity index (χ1n) is 9.20. The number of hydrogen-bond acceptors (Lipinski definition) is 9. The Hall–Kier alpha value is -4.27. The zero-order valence-electron chi connectivity index (χ0n) is 15.9. The van der Waals surface area contributed by atoms with Crippen molar-refractivity contribution in [2.75, 3.05) is 0 Å². The summed E-state index contributed by atoms with van der Waals surface area (Å²) in [5.41, 5.74) is 0.595. The molecule has 2 atom stereocenters. The number of hydrogen-bond donors (Lipinski definition) is 6. The fourth-order valence-corrected chi connectivity index (χ4v) is 3.42. The largest absolute Gasteiger partial charge is 0.508 e. The van der Waals surface area contributed by atoms with Crippen LogP contribution in [0.2, 0.25) is 0 Å². The second kappa shape index (κ2) is 7.52. The number of esters is 1. The first-order chi connectivity index (χ1) is 14.7. The summed E-state index contributed by atoms with van der Waals surface area (Å²) >= 11 is 0. The molecule has 1 heterocycles. The molecule has 9 heteroatoms. The van der Waals surface area contributed by atoms with Crippen molar-refractivity contribution in [1.82, 2.24) is 0 Å². The molecule has 0 amide bonds. The van der Waals surface area contributed by atoms with Crippen molar-refractivity contribution in [3.05, 3.63) is 65.2 Å². The van der Waals surface area contributed by atoms with E-state index in [0.29, 0.717) is 16.9 Å². The summed E-state index contributed by atoms with van der Waals surface area (Å²) < 4.78 is 11.5. The Morgan fingerprint density at radius 3 is 2.23 bits per heavy atom. The Morgan fingerprint density at radius 1 is 0.839 bits per heavy atom. The van der Waals surface area contributed by atoms with Crippen LogP contribution in [0.4, 0.5) is 0 Å². The number of carbonyl (C=O) groups excluding carboxylic acids is 1. The minimum absolute atomic E-state index is 0.0505. The van der Waals surface area contributed by atoms with Gasteiger partial charge < -0.3 is 40.1 Å². The number of phenolic OH excluding ortho intramolecular Hbond substituents is 6. The molecule has 1 aliphatic rings. The van der Waals surface area contributed by atoms with Gasteiger partial charge in [0.2, 0.25) is 0 Å². The quantitative estimate of drug-likeness (QED) is 0.274. The lowest BCUT2D eigenvalue weighted by atomic mass is 9.93. The van der Waals surface area contributed by atoms with Crippen LogP contribution in [0, 0.1) is 0 Å². The maximum absolute atomic E-state index is 12.7. The third-order valence-corrected chi connectivity index (χ3v) is 5.00. The van der Waals surface area contributed by atoms with Gasteiger partial charge in [0.15, 0.2) is 34.9 Å². The van der Waals surface area contributed by atoms with E-state index in [2.05, 4.69) is 0 Å². The molecule has 6 N–H and O–H groups in total. The Balaban J connectivity index is 1.70. The fourth-order valence-electron chi connectivity index (χ4n) is 3.42. The standard InChI is InChI=1S/C22H18O9/c23-13-2-1-3-18-12(13)9-19(21(30-18)10-4-5-14(24)15(25)6-10)31-22(29)11-7-16(26)20(28)17(27)8-11/h1-8,19,21,23-28H,9H2/t19-,21+/m1/s1. The Kier molecular flexibility index (Phi) is 4.86. The van der Waals surface area contributed by atoms with Gasteiger partial charge in [-0.1, -0.05) is 12.1 Å². The summed E-state index contributed by atoms with van der Waals surface area (Å²) in [6, 6.07) is 10.6. The number of aromatic hydroxyl groups is 6. The number of carbonyl (C=O) groups is 1. The molecule has 3 aromatic carbocycles. The van der Waals surface area contributed by atoms with Crippen LogP contribution in [-0.2, 0) is 11.2 Å². The lowest BCUT2D eigenvalue weighted by Crippen LogP contribution is -2.34. The maximum atomic E-state index is 12.7. The molecule has 160 valence electrons. The lowest BCUT2D eigenvalue weighted by Gasteiger charge is -2.34. The molecule has 0 spiro atoms. The normalized spacial score (nSPS) is 17.4. The zero-order valence-corrected chi connectivity index (χ0v) is 15.9. The Bertz CT molecular complexity index is 1150. The Morgan fingerprint density at radius 2 is 1.55 bits per heavy atom. The highest BCUT2D eigenvalue weighted by molar-refractivity contribution is 5.91. The number of rotatable bonds is 3. The van der Waals surface area contributed by atoms with Crippen molar-refractivity contribution >= 4 is 5.97 Å². The minimum atomic E-state index is -0.977. The van der Waals surface area contributed by atoms with E-state index >= 15 is 0 Å². The van der Waals surface area contributed by atoms with E-state index in [1.165, 1.54) is 24.3 Å². The van der Waals surface area contributed by atoms with Crippen LogP contribution >= 0.6 is 0 Å². The third kappa shape index (κ3) is 3.68. The van der Waals surface area contributed by atoms with Crippen LogP contribution < -0.4 is 4.74 Å². The molecular formula is C22H18O9. The van der Waals surface area contributed by atoms with Crippen LogP contribution in [0.3, 0.4) is 0 Å². The van der Waals surface area contributed by atoms with E-state index in [-0.39, 0.29) is 29.2 Å². The number of fused-ring (bicyclic) bond motifs is 1. The van der Waals surface area contributed by atoms with Crippen LogP contribution in [0.5, 0.6) is 40.2 Å². The minimum Gasteiger partial charge on any atom is -0.508 e. The second-order valence-electron chi connectivity index (χ2n) is 7.05. The van der Waals surface area contributed by atoms with Crippen molar-refractivity contribution in [1.29, 1.82) is 0 Å². The van der Waals surface area contributed by atoms with E-state index in [4.69, 9.17) is 9.47 Å². The molecule has 0 saturated heterocycles. The third-order valence-electron chi connectivity index (χ3n) is 5.00. The molecule has 4 rings (SSSR count). The van der Waals surface area contributed by atoms with Gasteiger partial charge in [0.25, 0.3) is 0 Å². The molecule has 0 bridgehead atoms. The van der Waals surface area contributed by atoms with Gasteiger partial charge in [-0.05, 0) is 36.4 Å². The van der Waals surface area contributed by atoms with Gasteiger partial charge in [0.05, 0.1) is 5.56 Å². The molecule has 0 radical (unpaired) electrons. The molecule has 0 unspecified atom stereocenters. The topological polar surface area (TPSA) is 157 Å². The van der Waals surface area contributed by atoms with Crippen LogP contribution in [0.25, 0.3) is 0 Å². The van der Waals surface area contributed by atoms with E-state index in [9.17, 15) is 35.4 Å². The van der Waals surface area contributed by atoms with Crippen molar-refractivity contribution in [2.24, 2.45) is 0 Å². The molecule has 9 nitrogen and oxygen atoms in total. The van der Waals surface area contributed by atoms with Crippen LogP contribution in [-0.4, -0.2) is 42.7 Å². The number of benzene rings is 3. The second-order valence-corrected chi connectivity index (χ2v) is 7.05. The highest BCUT2D eigenvalue weighted by Gasteiger charge is 2.36. The van der Waals surface area contributed by atoms with E-state index in [0.717, 1.165) is 12.1 Å². The van der Waals surface area contributed by atoms with Crippen molar-refractivity contribution in [2.45, 2.75) is 18.6 Å². The fraction of sp³-hybridized carbons (Fsp3) is 0.136. The highest BCUT2D eigenvalue weighted by Crippen LogP contribution is 2.42. The zero-order chi connectivity index (χ0) is 22.3. The van der Waals surface area contributed by atoms with Crippen molar-refractivity contribution in [3.63, 3.8) is 0 Å². The number of ether oxygens (including phenoxy) is 2. The van der Waals surface area contributed by atoms with Crippen molar-refractivity contribution < 1.29 is 44.9 Å². The average Bonchev–Trinajstić information content (AvgIpc) is 2.74.